The lowest BCUT2D eigenvalue weighted by Gasteiger charge is -2.09. The average Bonchev–Trinajstić information content (AvgIpc) is 2.59. The van der Waals surface area contributed by atoms with E-state index in [1.807, 2.05) is 25.1 Å². The van der Waals surface area contributed by atoms with Gasteiger partial charge in [-0.2, -0.15) is 0 Å². The third-order valence-electron chi connectivity index (χ3n) is 2.35. The maximum absolute atomic E-state index is 10.6. The molecule has 0 amide bonds. The molecule has 6 heteroatoms. The third-order valence-corrected chi connectivity index (χ3v) is 2.35. The second kappa shape index (κ2) is 4.50. The number of hydrogen-bond acceptors (Lipinski definition) is 4. The number of benzene rings is 1. The van der Waals surface area contributed by atoms with Crippen LogP contribution in [0.5, 0.6) is 0 Å². The Morgan fingerprint density at radius 1 is 1.47 bits per heavy atom. The van der Waals surface area contributed by atoms with Gasteiger partial charge >= 0.3 is 5.97 Å². The van der Waals surface area contributed by atoms with Crippen LogP contribution in [0.25, 0.3) is 11.0 Å². The van der Waals surface area contributed by atoms with Gasteiger partial charge < -0.3 is 5.11 Å². The molecule has 0 aliphatic carbocycles. The average molecular weight is 234 g/mol. The Morgan fingerprint density at radius 2 is 2.24 bits per heavy atom. The highest BCUT2D eigenvalue weighted by atomic mass is 16.4. The molecule has 0 aliphatic rings. The summed E-state index contributed by atoms with van der Waals surface area (Å²) in [7, 11) is 3.90. The first-order chi connectivity index (χ1) is 8.06. The zero-order valence-corrected chi connectivity index (χ0v) is 9.79. The van der Waals surface area contributed by atoms with Crippen molar-refractivity contribution in [2.75, 3.05) is 14.1 Å². The summed E-state index contributed by atoms with van der Waals surface area (Å²) in [6.07, 6.45) is 0.0104. The SMILES string of the molecule is CN(C)Cn1nnc2cc(CC(=O)O)ccc21. The van der Waals surface area contributed by atoms with E-state index in [1.54, 1.807) is 16.8 Å². The molecule has 2 rings (SSSR count). The standard InChI is InChI=1S/C11H14N4O2/c1-14(2)7-15-10-4-3-8(6-11(16)17)5-9(10)12-13-15/h3-5H,6-7H2,1-2H3,(H,16,17). The van der Waals surface area contributed by atoms with E-state index in [4.69, 9.17) is 5.11 Å². The fourth-order valence-electron chi connectivity index (χ4n) is 1.67. The lowest BCUT2D eigenvalue weighted by molar-refractivity contribution is -0.136. The van der Waals surface area contributed by atoms with Gasteiger partial charge in [-0.25, -0.2) is 4.68 Å². The lowest BCUT2D eigenvalue weighted by Crippen LogP contribution is -2.17. The Kier molecular flexibility index (Phi) is 3.06. The van der Waals surface area contributed by atoms with Crippen LogP contribution in [0.1, 0.15) is 5.56 Å². The Bertz CT molecular complexity index is 547. The van der Waals surface area contributed by atoms with Crippen LogP contribution < -0.4 is 0 Å². The molecule has 0 bridgehead atoms. The molecule has 0 spiro atoms. The summed E-state index contributed by atoms with van der Waals surface area (Å²) < 4.78 is 1.78. The maximum atomic E-state index is 10.6. The predicted molar refractivity (Wildman–Crippen MR) is 62.6 cm³/mol. The summed E-state index contributed by atoms with van der Waals surface area (Å²) in [5.74, 6) is -0.843. The molecule has 0 aliphatic heterocycles. The van der Waals surface area contributed by atoms with Crippen molar-refractivity contribution >= 4 is 17.0 Å². The van der Waals surface area contributed by atoms with E-state index in [0.29, 0.717) is 6.67 Å². The number of carboxylic acids is 1. The number of carbonyl (C=O) groups is 1. The highest BCUT2D eigenvalue weighted by molar-refractivity contribution is 5.77. The number of fused-ring (bicyclic) bond motifs is 1. The number of carboxylic acid groups (broad SMARTS) is 1. The molecule has 1 aromatic carbocycles. The molecule has 2 aromatic rings. The molecule has 0 atom stereocenters. The lowest BCUT2D eigenvalue weighted by atomic mass is 10.1. The van der Waals surface area contributed by atoms with Gasteiger partial charge in [-0.15, -0.1) is 5.10 Å². The molecule has 1 aromatic heterocycles. The second-order valence-electron chi connectivity index (χ2n) is 4.20. The molecule has 0 saturated heterocycles. The molecule has 0 radical (unpaired) electrons. The van der Waals surface area contributed by atoms with Crippen LogP contribution in [0.2, 0.25) is 0 Å². The Morgan fingerprint density at radius 3 is 2.88 bits per heavy atom. The molecule has 17 heavy (non-hydrogen) atoms. The molecule has 0 fully saturated rings. The fourth-order valence-corrected chi connectivity index (χ4v) is 1.67. The van der Waals surface area contributed by atoms with Crippen LogP contribution in [-0.4, -0.2) is 45.1 Å². The summed E-state index contributed by atoms with van der Waals surface area (Å²) in [5.41, 5.74) is 2.38. The number of hydrogen-bond donors (Lipinski definition) is 1. The van der Waals surface area contributed by atoms with Gasteiger partial charge in [0.2, 0.25) is 0 Å². The molecule has 1 heterocycles. The minimum absolute atomic E-state index is 0.0104. The highest BCUT2D eigenvalue weighted by Crippen LogP contribution is 2.14. The quantitative estimate of drug-likeness (QED) is 0.837. The van der Waals surface area contributed by atoms with Crippen LogP contribution in [0, 0.1) is 0 Å². The van der Waals surface area contributed by atoms with Crippen molar-refractivity contribution in [3.63, 3.8) is 0 Å². The smallest absolute Gasteiger partial charge is 0.307 e. The van der Waals surface area contributed by atoms with Gasteiger partial charge in [-0.3, -0.25) is 9.69 Å². The van der Waals surface area contributed by atoms with Crippen molar-refractivity contribution in [1.82, 2.24) is 19.9 Å². The topological polar surface area (TPSA) is 71.2 Å². The number of aliphatic carboxylic acids is 1. The van der Waals surface area contributed by atoms with Crippen LogP contribution in [0.4, 0.5) is 0 Å². The van der Waals surface area contributed by atoms with Crippen molar-refractivity contribution in [3.05, 3.63) is 23.8 Å². The molecular weight excluding hydrogens is 220 g/mol. The Hall–Kier alpha value is -1.95. The number of nitrogens with zero attached hydrogens (tertiary/aromatic N) is 4. The maximum Gasteiger partial charge on any atom is 0.307 e. The van der Waals surface area contributed by atoms with E-state index in [-0.39, 0.29) is 6.42 Å². The Balaban J connectivity index is 2.34. The van der Waals surface area contributed by atoms with Crippen LogP contribution in [0.3, 0.4) is 0 Å². The van der Waals surface area contributed by atoms with Crippen LogP contribution in [-0.2, 0) is 17.9 Å². The van der Waals surface area contributed by atoms with Gasteiger partial charge in [0.15, 0.2) is 0 Å². The van der Waals surface area contributed by atoms with Gasteiger partial charge in [-0.05, 0) is 31.8 Å². The van der Waals surface area contributed by atoms with Gasteiger partial charge in [0.1, 0.15) is 5.52 Å². The second-order valence-corrected chi connectivity index (χ2v) is 4.20. The monoisotopic (exact) mass is 234 g/mol. The third kappa shape index (κ3) is 2.59. The van der Waals surface area contributed by atoms with Crippen LogP contribution >= 0.6 is 0 Å². The highest BCUT2D eigenvalue weighted by Gasteiger charge is 2.07. The first-order valence-corrected chi connectivity index (χ1v) is 5.25. The zero-order chi connectivity index (χ0) is 12.4. The first-order valence-electron chi connectivity index (χ1n) is 5.25. The number of rotatable bonds is 4. The number of aromatic nitrogens is 3. The van der Waals surface area contributed by atoms with E-state index in [0.717, 1.165) is 16.6 Å². The van der Waals surface area contributed by atoms with Crippen molar-refractivity contribution < 1.29 is 9.90 Å². The largest absolute Gasteiger partial charge is 0.481 e. The van der Waals surface area contributed by atoms with Gasteiger partial charge in [0.25, 0.3) is 0 Å². The van der Waals surface area contributed by atoms with E-state index >= 15 is 0 Å². The van der Waals surface area contributed by atoms with Gasteiger partial charge in [0.05, 0.1) is 18.6 Å². The van der Waals surface area contributed by atoms with E-state index in [9.17, 15) is 4.79 Å². The Labute approximate surface area is 98.4 Å². The van der Waals surface area contributed by atoms with Crippen molar-refractivity contribution in [1.29, 1.82) is 0 Å². The molecule has 0 unspecified atom stereocenters. The van der Waals surface area contributed by atoms with Gasteiger partial charge in [0, 0.05) is 0 Å². The summed E-state index contributed by atoms with van der Waals surface area (Å²) in [4.78, 5) is 12.6. The molecule has 1 N–H and O–H groups in total. The van der Waals surface area contributed by atoms with E-state index < -0.39 is 5.97 Å². The van der Waals surface area contributed by atoms with Crippen molar-refractivity contribution in [2.24, 2.45) is 0 Å². The molecule has 6 nitrogen and oxygen atoms in total. The first kappa shape index (κ1) is 11.5. The normalized spacial score (nSPS) is 11.2. The molecule has 0 saturated carbocycles. The minimum atomic E-state index is -0.843. The summed E-state index contributed by atoms with van der Waals surface area (Å²) in [6, 6.07) is 5.42. The van der Waals surface area contributed by atoms with E-state index in [1.165, 1.54) is 0 Å². The van der Waals surface area contributed by atoms with Crippen molar-refractivity contribution in [3.8, 4) is 0 Å². The summed E-state index contributed by atoms with van der Waals surface area (Å²) in [6.45, 7) is 0.648. The predicted octanol–water partition coefficient (Wildman–Crippen LogP) is 0.577. The van der Waals surface area contributed by atoms with Crippen molar-refractivity contribution in [2.45, 2.75) is 13.1 Å². The minimum Gasteiger partial charge on any atom is -0.481 e. The molecular formula is C11H14N4O2. The van der Waals surface area contributed by atoms with Gasteiger partial charge in [-0.1, -0.05) is 11.3 Å². The summed E-state index contributed by atoms with van der Waals surface area (Å²) >= 11 is 0. The van der Waals surface area contributed by atoms with Crippen LogP contribution in [0.15, 0.2) is 18.2 Å². The molecule has 90 valence electrons. The zero-order valence-electron chi connectivity index (χ0n) is 9.79. The summed E-state index contributed by atoms with van der Waals surface area (Å²) in [5, 5.41) is 16.8. The van der Waals surface area contributed by atoms with E-state index in [2.05, 4.69) is 10.3 Å². The fraction of sp³-hybridized carbons (Fsp3) is 0.364.